The van der Waals surface area contributed by atoms with Crippen molar-refractivity contribution in [3.8, 4) is 5.75 Å². The highest BCUT2D eigenvalue weighted by Crippen LogP contribution is 2.38. The van der Waals surface area contributed by atoms with Crippen molar-refractivity contribution in [3.63, 3.8) is 0 Å². The normalized spacial score (nSPS) is 20.2. The highest BCUT2D eigenvalue weighted by molar-refractivity contribution is 5.72. The molecule has 0 spiro atoms. The van der Waals surface area contributed by atoms with Crippen molar-refractivity contribution < 1.29 is 14.6 Å². The Morgan fingerprint density at radius 2 is 2.00 bits per heavy atom. The molecule has 2 heterocycles. The SMILES string of the molecule is CCCc1ncc(CN2C[C@@H](C(=O)O)[C@H](c3ccccc3OC)C2)cn1. The molecule has 26 heavy (non-hydrogen) atoms. The summed E-state index contributed by atoms with van der Waals surface area (Å²) in [5.41, 5.74) is 1.97. The molecular formula is C20H25N3O3. The van der Waals surface area contributed by atoms with Gasteiger partial charge < -0.3 is 9.84 Å². The average molecular weight is 355 g/mol. The summed E-state index contributed by atoms with van der Waals surface area (Å²) < 4.78 is 5.44. The fourth-order valence-electron chi connectivity index (χ4n) is 3.63. The van der Waals surface area contributed by atoms with Gasteiger partial charge in [0.05, 0.1) is 13.0 Å². The molecule has 6 nitrogen and oxygen atoms in total. The second kappa shape index (κ2) is 8.27. The lowest BCUT2D eigenvalue weighted by Crippen LogP contribution is -2.23. The van der Waals surface area contributed by atoms with Gasteiger partial charge in [-0.1, -0.05) is 25.1 Å². The molecule has 0 radical (unpaired) electrons. The number of hydrogen-bond acceptors (Lipinski definition) is 5. The van der Waals surface area contributed by atoms with Crippen LogP contribution in [0.5, 0.6) is 5.75 Å². The molecule has 2 atom stereocenters. The summed E-state index contributed by atoms with van der Waals surface area (Å²) in [6, 6.07) is 7.68. The molecule has 0 bridgehead atoms. The summed E-state index contributed by atoms with van der Waals surface area (Å²) in [5, 5.41) is 9.70. The van der Waals surface area contributed by atoms with Crippen LogP contribution in [0.15, 0.2) is 36.7 Å². The first-order valence-corrected chi connectivity index (χ1v) is 9.00. The Kier molecular flexibility index (Phi) is 5.83. The van der Waals surface area contributed by atoms with Crippen molar-refractivity contribution in [3.05, 3.63) is 53.6 Å². The van der Waals surface area contributed by atoms with Crippen LogP contribution in [-0.4, -0.2) is 46.1 Å². The van der Waals surface area contributed by atoms with Crippen LogP contribution in [0, 0.1) is 5.92 Å². The number of carboxylic acids is 1. The number of benzene rings is 1. The van der Waals surface area contributed by atoms with Crippen molar-refractivity contribution in [1.82, 2.24) is 14.9 Å². The van der Waals surface area contributed by atoms with Crippen molar-refractivity contribution >= 4 is 5.97 Å². The molecule has 6 heteroatoms. The predicted molar refractivity (Wildman–Crippen MR) is 98.2 cm³/mol. The number of rotatable bonds is 7. The zero-order valence-corrected chi connectivity index (χ0v) is 15.3. The van der Waals surface area contributed by atoms with E-state index in [-0.39, 0.29) is 5.92 Å². The molecule has 2 aromatic rings. The maximum absolute atomic E-state index is 11.8. The lowest BCUT2D eigenvalue weighted by molar-refractivity contribution is -0.141. The smallest absolute Gasteiger partial charge is 0.308 e. The standard InChI is InChI=1S/C20H25N3O3/c1-3-6-19-21-9-14(10-22-19)11-23-12-16(17(13-23)20(24)25)15-7-4-5-8-18(15)26-2/h4-5,7-10,16-17H,3,6,11-13H2,1-2H3,(H,24,25)/t16-,17+/m0/s1. The Morgan fingerprint density at radius 3 is 2.65 bits per heavy atom. The Morgan fingerprint density at radius 1 is 1.27 bits per heavy atom. The first-order valence-electron chi connectivity index (χ1n) is 9.00. The zero-order chi connectivity index (χ0) is 18.5. The first kappa shape index (κ1) is 18.3. The molecule has 1 aromatic heterocycles. The van der Waals surface area contributed by atoms with Gasteiger partial charge in [-0.3, -0.25) is 9.69 Å². The third-order valence-electron chi connectivity index (χ3n) is 4.89. The summed E-state index contributed by atoms with van der Waals surface area (Å²) in [6.07, 6.45) is 5.60. The number of likely N-dealkylation sites (tertiary alicyclic amines) is 1. The van der Waals surface area contributed by atoms with Gasteiger partial charge in [0, 0.05) is 49.9 Å². The molecular weight excluding hydrogens is 330 g/mol. The van der Waals surface area contributed by atoms with E-state index in [1.54, 1.807) is 7.11 Å². The van der Waals surface area contributed by atoms with Crippen LogP contribution in [-0.2, 0) is 17.8 Å². The van der Waals surface area contributed by atoms with Crippen LogP contribution in [0.3, 0.4) is 0 Å². The second-order valence-electron chi connectivity index (χ2n) is 6.74. The fraction of sp³-hybridized carbons (Fsp3) is 0.450. The zero-order valence-electron chi connectivity index (χ0n) is 15.3. The Labute approximate surface area is 153 Å². The molecule has 0 saturated carbocycles. The van der Waals surface area contributed by atoms with Gasteiger partial charge in [-0.15, -0.1) is 0 Å². The molecule has 1 saturated heterocycles. The number of para-hydroxylation sites is 1. The molecule has 1 aromatic carbocycles. The third kappa shape index (κ3) is 4.02. The third-order valence-corrected chi connectivity index (χ3v) is 4.89. The maximum Gasteiger partial charge on any atom is 0.308 e. The minimum absolute atomic E-state index is 0.0936. The van der Waals surface area contributed by atoms with Crippen molar-refractivity contribution in [1.29, 1.82) is 0 Å². The molecule has 0 unspecified atom stereocenters. The number of carbonyl (C=O) groups is 1. The predicted octanol–water partition coefficient (Wildman–Crippen LogP) is 2.74. The molecule has 1 N–H and O–H groups in total. The quantitative estimate of drug-likeness (QED) is 0.823. The molecule has 0 aliphatic carbocycles. The van der Waals surface area contributed by atoms with Gasteiger partial charge >= 0.3 is 5.97 Å². The van der Waals surface area contributed by atoms with Crippen LogP contribution in [0.2, 0.25) is 0 Å². The van der Waals surface area contributed by atoms with Crippen LogP contribution in [0.1, 0.15) is 36.2 Å². The number of aliphatic carboxylic acids is 1. The van der Waals surface area contributed by atoms with E-state index in [0.29, 0.717) is 19.6 Å². The summed E-state index contributed by atoms with van der Waals surface area (Å²) in [7, 11) is 1.62. The van der Waals surface area contributed by atoms with E-state index in [1.165, 1.54) is 0 Å². The van der Waals surface area contributed by atoms with Crippen molar-refractivity contribution in [2.75, 3.05) is 20.2 Å². The molecule has 1 fully saturated rings. The number of aryl methyl sites for hydroxylation is 1. The van der Waals surface area contributed by atoms with Gasteiger partial charge in [-0.2, -0.15) is 0 Å². The topological polar surface area (TPSA) is 75.6 Å². The van der Waals surface area contributed by atoms with Gasteiger partial charge in [-0.05, 0) is 18.1 Å². The summed E-state index contributed by atoms with van der Waals surface area (Å²) in [5.74, 6) is 0.291. The van der Waals surface area contributed by atoms with E-state index in [1.807, 2.05) is 36.7 Å². The van der Waals surface area contributed by atoms with Crippen LogP contribution < -0.4 is 4.74 Å². The van der Waals surface area contributed by atoms with Gasteiger partial charge in [0.25, 0.3) is 0 Å². The first-order chi connectivity index (χ1) is 12.6. The summed E-state index contributed by atoms with van der Waals surface area (Å²) >= 11 is 0. The average Bonchev–Trinajstić information content (AvgIpc) is 3.07. The minimum atomic E-state index is -0.766. The number of ether oxygens (including phenoxy) is 1. The van der Waals surface area contributed by atoms with E-state index in [0.717, 1.165) is 35.5 Å². The van der Waals surface area contributed by atoms with Gasteiger partial charge in [0.15, 0.2) is 0 Å². The number of aromatic nitrogens is 2. The molecule has 138 valence electrons. The Balaban J connectivity index is 1.75. The molecule has 3 rings (SSSR count). The van der Waals surface area contributed by atoms with E-state index >= 15 is 0 Å². The van der Waals surface area contributed by atoms with Crippen molar-refractivity contribution in [2.45, 2.75) is 32.2 Å². The van der Waals surface area contributed by atoms with Crippen LogP contribution >= 0.6 is 0 Å². The van der Waals surface area contributed by atoms with Gasteiger partial charge in [0.1, 0.15) is 11.6 Å². The van der Waals surface area contributed by atoms with Crippen molar-refractivity contribution in [2.24, 2.45) is 5.92 Å². The Bertz CT molecular complexity index is 748. The Hall–Kier alpha value is -2.47. The lowest BCUT2D eigenvalue weighted by atomic mass is 9.88. The second-order valence-corrected chi connectivity index (χ2v) is 6.74. The van der Waals surface area contributed by atoms with Gasteiger partial charge in [-0.25, -0.2) is 9.97 Å². The molecule has 0 amide bonds. The number of carboxylic acid groups (broad SMARTS) is 1. The van der Waals surface area contributed by atoms with E-state index in [4.69, 9.17) is 4.74 Å². The number of hydrogen-bond donors (Lipinski definition) is 1. The fourth-order valence-corrected chi connectivity index (χ4v) is 3.63. The van der Waals surface area contributed by atoms with E-state index in [2.05, 4.69) is 21.8 Å². The lowest BCUT2D eigenvalue weighted by Gasteiger charge is -2.18. The summed E-state index contributed by atoms with van der Waals surface area (Å²) in [6.45, 7) is 3.94. The van der Waals surface area contributed by atoms with Crippen LogP contribution in [0.25, 0.3) is 0 Å². The highest BCUT2D eigenvalue weighted by Gasteiger charge is 2.39. The van der Waals surface area contributed by atoms with E-state index < -0.39 is 11.9 Å². The molecule has 1 aliphatic rings. The van der Waals surface area contributed by atoms with E-state index in [9.17, 15) is 9.90 Å². The largest absolute Gasteiger partial charge is 0.496 e. The molecule has 1 aliphatic heterocycles. The number of methoxy groups -OCH3 is 1. The minimum Gasteiger partial charge on any atom is -0.496 e. The maximum atomic E-state index is 11.8. The van der Waals surface area contributed by atoms with Gasteiger partial charge in [0.2, 0.25) is 0 Å². The monoisotopic (exact) mass is 355 g/mol. The summed E-state index contributed by atoms with van der Waals surface area (Å²) in [4.78, 5) is 22.8. The highest BCUT2D eigenvalue weighted by atomic mass is 16.5. The number of nitrogens with zero attached hydrogens (tertiary/aromatic N) is 3. The van der Waals surface area contributed by atoms with Crippen LogP contribution in [0.4, 0.5) is 0 Å².